The molecule has 1 heterocycles. The molecule has 5 rings (SSSR count). The van der Waals surface area contributed by atoms with Crippen LogP contribution in [0.5, 0.6) is 0 Å². The number of aliphatic hydroxyl groups is 2. The lowest BCUT2D eigenvalue weighted by Crippen LogP contribution is -2.65. The van der Waals surface area contributed by atoms with Gasteiger partial charge in [-0.25, -0.2) is 0 Å². The Morgan fingerprint density at radius 3 is 1.44 bits per heavy atom. The number of benzene rings is 4. The van der Waals surface area contributed by atoms with Gasteiger partial charge in [-0.3, -0.25) is 0 Å². The van der Waals surface area contributed by atoms with E-state index in [1.54, 1.807) is 12.1 Å². The number of rotatable bonds is 11. The molecule has 1 aliphatic heterocycles. The van der Waals surface area contributed by atoms with Crippen molar-refractivity contribution in [3.05, 3.63) is 144 Å². The highest BCUT2D eigenvalue weighted by Gasteiger charge is 2.57. The molecule has 0 radical (unpaired) electrons. The molecule has 0 bridgehead atoms. The molecule has 1 saturated heterocycles. The van der Waals surface area contributed by atoms with Crippen LogP contribution in [0.25, 0.3) is 0 Å². The van der Waals surface area contributed by atoms with Crippen LogP contribution in [0.1, 0.15) is 22.3 Å². The molecule has 6 nitrogen and oxygen atoms in total. The zero-order valence-corrected chi connectivity index (χ0v) is 21.7. The molecule has 0 aliphatic carbocycles. The monoisotopic (exact) mass is 526 g/mol. The molecular formula is C33H34O6. The molecule has 4 aromatic rings. The molecular weight excluding hydrogens is 492 g/mol. The molecule has 0 amide bonds. The van der Waals surface area contributed by atoms with Gasteiger partial charge in [-0.05, 0) is 16.7 Å². The number of hydrogen-bond donors (Lipinski definition) is 2. The summed E-state index contributed by atoms with van der Waals surface area (Å²) in [6, 6.07) is 38.4. The summed E-state index contributed by atoms with van der Waals surface area (Å²) in [6.45, 7) is 0.409. The minimum atomic E-state index is -1.89. The average molecular weight is 527 g/mol. The van der Waals surface area contributed by atoms with Crippen molar-refractivity contribution in [2.45, 2.75) is 50.0 Å². The van der Waals surface area contributed by atoms with Crippen LogP contribution >= 0.6 is 0 Å². The molecule has 1 aliphatic rings. The molecule has 202 valence electrons. The summed E-state index contributed by atoms with van der Waals surface area (Å²) in [6.07, 6.45) is -3.32. The highest BCUT2D eigenvalue weighted by molar-refractivity contribution is 5.24. The standard InChI is InChI=1S/C33H34O6/c34-21-29-30(36-22-25-13-5-1-6-14-25)31(37-23-26-15-7-2-8-16-26)32(38-24-27-17-9-3-10-18-27)33(35,39-29)28-19-11-4-12-20-28/h1-20,29-32,34-35H,21-24H2/t29-,30-,31+,32-,33+/m1/s1. The van der Waals surface area contributed by atoms with Crippen LogP contribution in [0.3, 0.4) is 0 Å². The summed E-state index contributed by atoms with van der Waals surface area (Å²) in [7, 11) is 0. The zero-order valence-electron chi connectivity index (χ0n) is 21.7. The van der Waals surface area contributed by atoms with E-state index in [1.807, 2.05) is 109 Å². The van der Waals surface area contributed by atoms with Gasteiger partial charge in [-0.15, -0.1) is 0 Å². The molecule has 5 atom stereocenters. The van der Waals surface area contributed by atoms with Crippen molar-refractivity contribution in [3.8, 4) is 0 Å². The Hall–Kier alpha value is -3.36. The normalized spacial score (nSPS) is 24.9. The third kappa shape index (κ3) is 6.62. The topological polar surface area (TPSA) is 77.4 Å². The molecule has 0 aromatic heterocycles. The summed E-state index contributed by atoms with van der Waals surface area (Å²) < 4.78 is 25.6. The van der Waals surface area contributed by atoms with E-state index in [9.17, 15) is 10.2 Å². The summed E-state index contributed by atoms with van der Waals surface area (Å²) in [4.78, 5) is 0. The van der Waals surface area contributed by atoms with Crippen LogP contribution in [0, 0.1) is 0 Å². The summed E-state index contributed by atoms with van der Waals surface area (Å²) in [5, 5.41) is 22.6. The van der Waals surface area contributed by atoms with Crippen LogP contribution in [0.2, 0.25) is 0 Å². The van der Waals surface area contributed by atoms with Gasteiger partial charge >= 0.3 is 0 Å². The van der Waals surface area contributed by atoms with E-state index in [0.29, 0.717) is 5.56 Å². The largest absolute Gasteiger partial charge is 0.394 e. The van der Waals surface area contributed by atoms with E-state index in [4.69, 9.17) is 18.9 Å². The molecule has 0 spiro atoms. The number of ether oxygens (including phenoxy) is 4. The van der Waals surface area contributed by atoms with E-state index in [-0.39, 0.29) is 26.4 Å². The van der Waals surface area contributed by atoms with Gasteiger partial charge in [-0.1, -0.05) is 121 Å². The van der Waals surface area contributed by atoms with Crippen LogP contribution in [0.4, 0.5) is 0 Å². The van der Waals surface area contributed by atoms with Gasteiger partial charge in [0.2, 0.25) is 5.79 Å². The summed E-state index contributed by atoms with van der Waals surface area (Å²) >= 11 is 0. The molecule has 2 N–H and O–H groups in total. The first kappa shape index (κ1) is 27.2. The van der Waals surface area contributed by atoms with Gasteiger partial charge in [0.25, 0.3) is 0 Å². The maximum absolute atomic E-state index is 12.2. The van der Waals surface area contributed by atoms with Crippen LogP contribution in [-0.2, 0) is 44.6 Å². The van der Waals surface area contributed by atoms with Crippen molar-refractivity contribution in [2.24, 2.45) is 0 Å². The predicted octanol–water partition coefficient (Wildman–Crippen LogP) is 4.98. The van der Waals surface area contributed by atoms with Gasteiger partial charge in [0.05, 0.1) is 26.4 Å². The van der Waals surface area contributed by atoms with E-state index in [1.165, 1.54) is 0 Å². The second kappa shape index (κ2) is 13.1. The first-order valence-corrected chi connectivity index (χ1v) is 13.2. The van der Waals surface area contributed by atoms with Gasteiger partial charge in [-0.2, -0.15) is 0 Å². The first-order chi connectivity index (χ1) is 19.2. The second-order valence-corrected chi connectivity index (χ2v) is 9.64. The predicted molar refractivity (Wildman–Crippen MR) is 147 cm³/mol. The lowest BCUT2D eigenvalue weighted by molar-refractivity contribution is -0.377. The van der Waals surface area contributed by atoms with Crippen molar-refractivity contribution in [1.82, 2.24) is 0 Å². The molecule has 4 aromatic carbocycles. The minimum Gasteiger partial charge on any atom is -0.394 e. The molecule has 1 fully saturated rings. The molecule has 39 heavy (non-hydrogen) atoms. The molecule has 0 saturated carbocycles. The van der Waals surface area contributed by atoms with E-state index in [0.717, 1.165) is 16.7 Å². The Morgan fingerprint density at radius 1 is 0.564 bits per heavy atom. The van der Waals surface area contributed by atoms with E-state index in [2.05, 4.69) is 0 Å². The average Bonchev–Trinajstić information content (AvgIpc) is 3.00. The zero-order chi connectivity index (χ0) is 26.9. The van der Waals surface area contributed by atoms with Crippen molar-refractivity contribution < 1.29 is 29.2 Å². The minimum absolute atomic E-state index is 0.227. The fraction of sp³-hybridized carbons (Fsp3) is 0.273. The van der Waals surface area contributed by atoms with E-state index >= 15 is 0 Å². The quantitative estimate of drug-likeness (QED) is 0.287. The lowest BCUT2D eigenvalue weighted by Gasteiger charge is -2.50. The van der Waals surface area contributed by atoms with Crippen LogP contribution in [0.15, 0.2) is 121 Å². The second-order valence-electron chi connectivity index (χ2n) is 9.64. The maximum atomic E-state index is 12.2. The third-order valence-electron chi connectivity index (χ3n) is 6.92. The SMILES string of the molecule is OC[C@H]1O[C@@](O)(c2ccccc2)[C@H](OCc2ccccc2)[C@@H](OCc2ccccc2)[C@@H]1OCc1ccccc1. The smallest absolute Gasteiger partial charge is 0.222 e. The Bertz CT molecular complexity index is 1250. The van der Waals surface area contributed by atoms with Crippen molar-refractivity contribution in [2.75, 3.05) is 6.61 Å². The van der Waals surface area contributed by atoms with Gasteiger partial charge in [0.15, 0.2) is 0 Å². The highest BCUT2D eigenvalue weighted by Crippen LogP contribution is 2.41. The molecule has 6 heteroatoms. The maximum Gasteiger partial charge on any atom is 0.222 e. The Kier molecular flexibility index (Phi) is 9.16. The van der Waals surface area contributed by atoms with Crippen molar-refractivity contribution >= 4 is 0 Å². The fourth-order valence-corrected chi connectivity index (χ4v) is 4.91. The third-order valence-corrected chi connectivity index (χ3v) is 6.92. The van der Waals surface area contributed by atoms with Gasteiger partial charge in [0.1, 0.15) is 24.4 Å². The van der Waals surface area contributed by atoms with Gasteiger partial charge < -0.3 is 29.2 Å². The first-order valence-electron chi connectivity index (χ1n) is 13.2. The van der Waals surface area contributed by atoms with Crippen molar-refractivity contribution in [1.29, 1.82) is 0 Å². The number of hydrogen-bond acceptors (Lipinski definition) is 6. The summed E-state index contributed by atoms with van der Waals surface area (Å²) in [5.74, 6) is -1.89. The summed E-state index contributed by atoms with van der Waals surface area (Å²) in [5.41, 5.74) is 3.40. The van der Waals surface area contributed by atoms with Crippen LogP contribution in [-0.4, -0.2) is 41.2 Å². The lowest BCUT2D eigenvalue weighted by atomic mass is 9.87. The van der Waals surface area contributed by atoms with E-state index < -0.39 is 30.2 Å². The Balaban J connectivity index is 1.50. The molecule has 0 unspecified atom stereocenters. The Labute approximate surface area is 229 Å². The fourth-order valence-electron chi connectivity index (χ4n) is 4.91. The Morgan fingerprint density at radius 2 is 0.974 bits per heavy atom. The van der Waals surface area contributed by atoms with Gasteiger partial charge in [0, 0.05) is 5.56 Å². The van der Waals surface area contributed by atoms with Crippen LogP contribution < -0.4 is 0 Å². The van der Waals surface area contributed by atoms with Crippen molar-refractivity contribution in [3.63, 3.8) is 0 Å². The highest BCUT2D eigenvalue weighted by atomic mass is 16.7. The number of aliphatic hydroxyl groups excluding tert-OH is 1.